The molecule has 7 heteroatoms. The number of hydrogen-bond acceptors (Lipinski definition) is 4. The molecule has 0 bridgehead atoms. The van der Waals surface area contributed by atoms with Crippen LogP contribution in [0.5, 0.6) is 0 Å². The van der Waals surface area contributed by atoms with Gasteiger partial charge in [-0.15, -0.1) is 0 Å². The SMILES string of the molecule is CCN1C(=O)c2ccccc2S(=O)c2ccc(C(=O)NCC3=NC=CC3)cc21. The van der Waals surface area contributed by atoms with Crippen molar-refractivity contribution in [3.8, 4) is 0 Å². The Morgan fingerprint density at radius 1 is 1.21 bits per heavy atom. The van der Waals surface area contributed by atoms with Crippen LogP contribution in [0.15, 0.2) is 69.5 Å². The minimum atomic E-state index is -1.50. The normalized spacial score (nSPS) is 17.6. The van der Waals surface area contributed by atoms with Gasteiger partial charge in [0.05, 0.1) is 38.4 Å². The Hall–Kier alpha value is -3.06. The second-order valence-electron chi connectivity index (χ2n) is 6.46. The molecule has 6 nitrogen and oxygen atoms in total. The van der Waals surface area contributed by atoms with Gasteiger partial charge in [0.25, 0.3) is 11.8 Å². The van der Waals surface area contributed by atoms with E-state index in [9.17, 15) is 13.8 Å². The van der Waals surface area contributed by atoms with E-state index in [0.717, 1.165) is 12.1 Å². The number of amides is 2. The second kappa shape index (κ2) is 7.52. The van der Waals surface area contributed by atoms with Gasteiger partial charge in [-0.25, -0.2) is 4.21 Å². The lowest BCUT2D eigenvalue weighted by Crippen LogP contribution is -2.31. The number of nitrogens with zero attached hydrogens (tertiary/aromatic N) is 2. The van der Waals surface area contributed by atoms with E-state index in [2.05, 4.69) is 10.3 Å². The van der Waals surface area contributed by atoms with Crippen molar-refractivity contribution in [2.45, 2.75) is 23.1 Å². The molecule has 0 aliphatic carbocycles. The summed E-state index contributed by atoms with van der Waals surface area (Å²) in [5.41, 5.74) is 2.25. The first-order valence-electron chi connectivity index (χ1n) is 9.05. The molecule has 0 saturated carbocycles. The van der Waals surface area contributed by atoms with Gasteiger partial charge in [0.15, 0.2) is 0 Å². The maximum Gasteiger partial charge on any atom is 0.259 e. The van der Waals surface area contributed by atoms with Gasteiger partial charge in [0, 0.05) is 30.4 Å². The van der Waals surface area contributed by atoms with Gasteiger partial charge in [-0.1, -0.05) is 18.2 Å². The molecule has 0 saturated heterocycles. The van der Waals surface area contributed by atoms with E-state index < -0.39 is 10.8 Å². The molecule has 4 rings (SSSR count). The quantitative estimate of drug-likeness (QED) is 0.867. The van der Waals surface area contributed by atoms with Crippen molar-refractivity contribution in [2.24, 2.45) is 4.99 Å². The third kappa shape index (κ3) is 3.18. The lowest BCUT2D eigenvalue weighted by Gasteiger charge is -2.21. The van der Waals surface area contributed by atoms with Crippen LogP contribution in [0.4, 0.5) is 5.69 Å². The highest BCUT2D eigenvalue weighted by Crippen LogP contribution is 2.34. The molecule has 1 atom stereocenters. The summed E-state index contributed by atoms with van der Waals surface area (Å²) >= 11 is 0. The molecular formula is C21H19N3O3S. The lowest BCUT2D eigenvalue weighted by atomic mass is 10.1. The Labute approximate surface area is 165 Å². The van der Waals surface area contributed by atoms with Crippen LogP contribution in [-0.2, 0) is 10.8 Å². The Morgan fingerprint density at radius 2 is 2.04 bits per heavy atom. The first kappa shape index (κ1) is 18.3. The fourth-order valence-electron chi connectivity index (χ4n) is 3.32. The third-order valence-corrected chi connectivity index (χ3v) is 6.26. The first-order chi connectivity index (χ1) is 13.6. The van der Waals surface area contributed by atoms with Crippen LogP contribution in [0.1, 0.15) is 34.1 Å². The second-order valence-corrected chi connectivity index (χ2v) is 7.88. The molecule has 0 spiro atoms. The molecule has 2 aromatic rings. The van der Waals surface area contributed by atoms with Crippen LogP contribution >= 0.6 is 0 Å². The zero-order valence-corrected chi connectivity index (χ0v) is 16.2. The molecule has 142 valence electrons. The Kier molecular flexibility index (Phi) is 4.92. The number of anilines is 1. The number of carbonyl (C=O) groups excluding carboxylic acids is 2. The molecular weight excluding hydrogens is 374 g/mol. The highest BCUT2D eigenvalue weighted by molar-refractivity contribution is 7.85. The van der Waals surface area contributed by atoms with Gasteiger partial charge in [-0.05, 0) is 37.3 Å². The van der Waals surface area contributed by atoms with Crippen molar-refractivity contribution in [3.05, 3.63) is 65.9 Å². The monoisotopic (exact) mass is 393 g/mol. The van der Waals surface area contributed by atoms with E-state index in [1.54, 1.807) is 53.6 Å². The summed E-state index contributed by atoms with van der Waals surface area (Å²) in [5, 5.41) is 2.85. The Morgan fingerprint density at radius 3 is 2.79 bits per heavy atom. The van der Waals surface area contributed by atoms with E-state index in [-0.39, 0.29) is 11.8 Å². The van der Waals surface area contributed by atoms with E-state index in [0.29, 0.717) is 39.7 Å². The van der Waals surface area contributed by atoms with Crippen LogP contribution in [-0.4, -0.2) is 34.8 Å². The van der Waals surface area contributed by atoms with Crippen molar-refractivity contribution in [1.29, 1.82) is 0 Å². The van der Waals surface area contributed by atoms with Crippen molar-refractivity contribution in [2.75, 3.05) is 18.0 Å². The molecule has 2 heterocycles. The van der Waals surface area contributed by atoms with E-state index in [4.69, 9.17) is 0 Å². The summed E-state index contributed by atoms with van der Waals surface area (Å²) in [7, 11) is -1.50. The van der Waals surface area contributed by atoms with Gasteiger partial charge in [0.2, 0.25) is 0 Å². The number of benzene rings is 2. The van der Waals surface area contributed by atoms with Crippen LogP contribution in [0.3, 0.4) is 0 Å². The first-order valence-corrected chi connectivity index (χ1v) is 10.2. The van der Waals surface area contributed by atoms with Crippen molar-refractivity contribution >= 4 is 34.0 Å². The van der Waals surface area contributed by atoms with Crippen LogP contribution < -0.4 is 10.2 Å². The number of nitrogens with one attached hydrogen (secondary N) is 1. The number of aliphatic imine (C=N–C) groups is 1. The molecule has 2 amide bonds. The molecule has 2 aromatic carbocycles. The summed E-state index contributed by atoms with van der Waals surface area (Å²) < 4.78 is 13.1. The Balaban J connectivity index is 1.69. The standard InChI is InChI=1S/C21H19N3O3S/c1-2-24-17-12-14(20(25)23-13-15-6-5-11-22-15)9-10-19(17)28(27)18-8-4-3-7-16(18)21(24)26/h3-5,7-12H,2,6,13H2,1H3,(H,23,25). The summed E-state index contributed by atoms with van der Waals surface area (Å²) in [4.78, 5) is 32.4. The average Bonchev–Trinajstić information content (AvgIpc) is 3.23. The zero-order valence-electron chi connectivity index (χ0n) is 15.3. The van der Waals surface area contributed by atoms with Crippen molar-refractivity contribution < 1.29 is 13.8 Å². The topological polar surface area (TPSA) is 78.8 Å². The van der Waals surface area contributed by atoms with Crippen LogP contribution in [0.25, 0.3) is 0 Å². The maximum atomic E-state index is 13.1. The molecule has 0 aromatic heterocycles. The largest absolute Gasteiger partial charge is 0.347 e. The van der Waals surface area contributed by atoms with Gasteiger partial charge < -0.3 is 10.2 Å². The molecule has 0 radical (unpaired) electrons. The highest BCUT2D eigenvalue weighted by atomic mass is 32.2. The fourth-order valence-corrected chi connectivity index (χ4v) is 4.67. The minimum Gasteiger partial charge on any atom is -0.347 e. The maximum absolute atomic E-state index is 13.1. The molecule has 1 N–H and O–H groups in total. The summed E-state index contributed by atoms with van der Waals surface area (Å²) in [5.74, 6) is -0.470. The zero-order chi connectivity index (χ0) is 19.7. The predicted molar refractivity (Wildman–Crippen MR) is 108 cm³/mol. The van der Waals surface area contributed by atoms with Crippen molar-refractivity contribution in [1.82, 2.24) is 5.32 Å². The number of allylic oxidation sites excluding steroid dienone is 1. The third-order valence-electron chi connectivity index (χ3n) is 4.76. The van der Waals surface area contributed by atoms with Gasteiger partial charge >= 0.3 is 0 Å². The summed E-state index contributed by atoms with van der Waals surface area (Å²) in [6.45, 7) is 2.64. The lowest BCUT2D eigenvalue weighted by molar-refractivity contribution is 0.0955. The number of carbonyl (C=O) groups is 2. The molecule has 2 aliphatic rings. The van der Waals surface area contributed by atoms with E-state index in [1.165, 1.54) is 0 Å². The van der Waals surface area contributed by atoms with E-state index >= 15 is 0 Å². The highest BCUT2D eigenvalue weighted by Gasteiger charge is 2.30. The molecule has 28 heavy (non-hydrogen) atoms. The van der Waals surface area contributed by atoms with E-state index in [1.807, 2.05) is 13.0 Å². The van der Waals surface area contributed by atoms with Gasteiger partial charge in [-0.2, -0.15) is 0 Å². The minimum absolute atomic E-state index is 0.214. The van der Waals surface area contributed by atoms with Gasteiger partial charge in [-0.3, -0.25) is 14.6 Å². The van der Waals surface area contributed by atoms with Gasteiger partial charge in [0.1, 0.15) is 0 Å². The predicted octanol–water partition coefficient (Wildman–Crippen LogP) is 2.92. The number of fused-ring (bicyclic) bond motifs is 2. The van der Waals surface area contributed by atoms with Crippen LogP contribution in [0.2, 0.25) is 0 Å². The molecule has 1 unspecified atom stereocenters. The molecule has 2 aliphatic heterocycles. The fraction of sp³-hybridized carbons (Fsp3) is 0.190. The average molecular weight is 393 g/mol. The Bertz CT molecular complexity index is 1060. The number of rotatable bonds is 4. The molecule has 0 fully saturated rings. The smallest absolute Gasteiger partial charge is 0.259 e. The number of hydrogen-bond donors (Lipinski definition) is 1. The summed E-state index contributed by atoms with van der Waals surface area (Å²) in [6, 6.07) is 11.9. The van der Waals surface area contributed by atoms with Crippen LogP contribution in [0, 0.1) is 0 Å². The summed E-state index contributed by atoms with van der Waals surface area (Å²) in [6.07, 6.45) is 4.39. The van der Waals surface area contributed by atoms with Crippen molar-refractivity contribution in [3.63, 3.8) is 0 Å².